The van der Waals surface area contributed by atoms with Crippen LogP contribution in [0.5, 0.6) is 0 Å². The first kappa shape index (κ1) is 17.6. The monoisotopic (exact) mass is 353 g/mol. The van der Waals surface area contributed by atoms with E-state index in [0.29, 0.717) is 28.2 Å². The van der Waals surface area contributed by atoms with Gasteiger partial charge in [-0.15, -0.1) is 0 Å². The number of amides is 3. The highest BCUT2D eigenvalue weighted by Crippen LogP contribution is 2.29. The maximum atomic E-state index is 12.5. The first-order valence-corrected chi connectivity index (χ1v) is 8.12. The van der Waals surface area contributed by atoms with Crippen molar-refractivity contribution in [2.24, 2.45) is 0 Å². The van der Waals surface area contributed by atoms with Crippen LogP contribution in [-0.2, 0) is 4.74 Å². The summed E-state index contributed by atoms with van der Waals surface area (Å²) in [6.45, 7) is 7.01. The summed E-state index contributed by atoms with van der Waals surface area (Å²) < 4.78 is 5.19. The number of carbonyl (C=O) groups is 3. The fraction of sp³-hybridized carbons (Fsp3) is 0.263. The first-order valence-electron chi connectivity index (χ1n) is 8.12. The number of aromatic nitrogens is 1. The standard InChI is InChI=1S/C19H19N3O4/c1-11-9-12(10-20-15(11)21-18(25)26-19(2,3)4)22-16(23)13-7-5-6-8-14(13)17(22)24/h5-10H,1-4H3,(H,20,21,25). The quantitative estimate of drug-likeness (QED) is 0.834. The summed E-state index contributed by atoms with van der Waals surface area (Å²) in [6.07, 6.45) is 0.753. The van der Waals surface area contributed by atoms with Crippen molar-refractivity contribution < 1.29 is 19.1 Å². The Hall–Kier alpha value is -3.22. The molecule has 0 saturated heterocycles. The third-order valence-corrected chi connectivity index (χ3v) is 3.74. The molecule has 134 valence electrons. The number of hydrogen-bond acceptors (Lipinski definition) is 5. The normalized spacial score (nSPS) is 13.6. The molecule has 26 heavy (non-hydrogen) atoms. The summed E-state index contributed by atoms with van der Waals surface area (Å²) in [5.41, 5.74) is 1.06. The van der Waals surface area contributed by atoms with Crippen molar-refractivity contribution in [2.45, 2.75) is 33.3 Å². The van der Waals surface area contributed by atoms with E-state index >= 15 is 0 Å². The first-order chi connectivity index (χ1) is 12.2. The van der Waals surface area contributed by atoms with E-state index in [4.69, 9.17) is 4.74 Å². The Balaban J connectivity index is 1.84. The van der Waals surface area contributed by atoms with Crippen molar-refractivity contribution in [3.8, 4) is 0 Å². The number of aryl methyl sites for hydroxylation is 1. The van der Waals surface area contributed by atoms with Gasteiger partial charge in [0.25, 0.3) is 11.8 Å². The van der Waals surface area contributed by atoms with Gasteiger partial charge in [-0.05, 0) is 51.5 Å². The summed E-state index contributed by atoms with van der Waals surface area (Å²) in [7, 11) is 0. The van der Waals surface area contributed by atoms with Gasteiger partial charge in [-0.1, -0.05) is 12.1 Å². The molecule has 0 fully saturated rings. The molecule has 1 aliphatic heterocycles. The van der Waals surface area contributed by atoms with Crippen molar-refractivity contribution in [3.05, 3.63) is 53.2 Å². The molecule has 3 amide bonds. The number of hydrogen-bond donors (Lipinski definition) is 1. The SMILES string of the molecule is Cc1cc(N2C(=O)c3ccccc3C2=O)cnc1NC(=O)OC(C)(C)C. The highest BCUT2D eigenvalue weighted by atomic mass is 16.6. The molecule has 2 heterocycles. The van der Waals surface area contributed by atoms with E-state index in [1.54, 1.807) is 58.0 Å². The molecule has 0 radical (unpaired) electrons. The van der Waals surface area contributed by atoms with Crippen molar-refractivity contribution in [1.29, 1.82) is 0 Å². The maximum Gasteiger partial charge on any atom is 0.413 e. The van der Waals surface area contributed by atoms with E-state index in [-0.39, 0.29) is 11.8 Å². The zero-order valence-corrected chi connectivity index (χ0v) is 15.0. The van der Waals surface area contributed by atoms with E-state index in [0.717, 1.165) is 4.90 Å². The number of nitrogens with one attached hydrogen (secondary N) is 1. The summed E-state index contributed by atoms with van der Waals surface area (Å²) in [6, 6.07) is 8.29. The molecule has 0 saturated carbocycles. The lowest BCUT2D eigenvalue weighted by atomic mass is 10.1. The lowest BCUT2D eigenvalue weighted by Gasteiger charge is -2.20. The Morgan fingerprint density at radius 1 is 1.12 bits per heavy atom. The van der Waals surface area contributed by atoms with Crippen LogP contribution in [0.4, 0.5) is 16.3 Å². The number of rotatable bonds is 2. The minimum atomic E-state index is -0.627. The number of anilines is 2. The van der Waals surface area contributed by atoms with Crippen LogP contribution >= 0.6 is 0 Å². The van der Waals surface area contributed by atoms with Crippen LogP contribution in [0.1, 0.15) is 47.1 Å². The molecular formula is C19H19N3O4. The highest BCUT2D eigenvalue weighted by Gasteiger charge is 2.36. The lowest BCUT2D eigenvalue weighted by molar-refractivity contribution is 0.0634. The largest absolute Gasteiger partial charge is 0.444 e. The summed E-state index contributed by atoms with van der Waals surface area (Å²) in [5, 5.41) is 2.56. The van der Waals surface area contributed by atoms with Crippen LogP contribution < -0.4 is 10.2 Å². The molecule has 7 nitrogen and oxygen atoms in total. The molecule has 0 atom stereocenters. The molecule has 0 aliphatic carbocycles. The second kappa shape index (κ2) is 6.25. The molecule has 1 aromatic heterocycles. The second-order valence-electron chi connectivity index (χ2n) is 6.98. The molecule has 1 N–H and O–H groups in total. The Bertz CT molecular complexity index is 880. The zero-order valence-electron chi connectivity index (χ0n) is 15.0. The third kappa shape index (κ3) is 3.28. The van der Waals surface area contributed by atoms with Crippen molar-refractivity contribution >= 4 is 29.4 Å². The molecular weight excluding hydrogens is 334 g/mol. The van der Waals surface area contributed by atoms with Gasteiger partial charge < -0.3 is 4.74 Å². The number of carbonyl (C=O) groups excluding carboxylic acids is 3. The van der Waals surface area contributed by atoms with E-state index in [1.807, 2.05) is 0 Å². The van der Waals surface area contributed by atoms with Gasteiger partial charge in [0.2, 0.25) is 0 Å². The van der Waals surface area contributed by atoms with E-state index in [2.05, 4.69) is 10.3 Å². The average Bonchev–Trinajstić information content (AvgIpc) is 2.80. The number of imide groups is 1. The van der Waals surface area contributed by atoms with Gasteiger partial charge in [0, 0.05) is 0 Å². The number of fused-ring (bicyclic) bond motifs is 1. The minimum absolute atomic E-state index is 0.305. The fourth-order valence-electron chi connectivity index (χ4n) is 2.64. The van der Waals surface area contributed by atoms with Gasteiger partial charge >= 0.3 is 6.09 Å². The van der Waals surface area contributed by atoms with Gasteiger partial charge in [0.15, 0.2) is 0 Å². The number of benzene rings is 1. The van der Waals surface area contributed by atoms with Crippen LogP contribution in [0.2, 0.25) is 0 Å². The topological polar surface area (TPSA) is 88.6 Å². The molecule has 1 aliphatic rings. The van der Waals surface area contributed by atoms with Gasteiger partial charge in [-0.3, -0.25) is 14.9 Å². The Kier molecular flexibility index (Phi) is 4.23. The number of pyridine rings is 1. The average molecular weight is 353 g/mol. The van der Waals surface area contributed by atoms with Gasteiger partial charge in [-0.25, -0.2) is 14.7 Å². The van der Waals surface area contributed by atoms with Crippen LogP contribution in [0.15, 0.2) is 36.5 Å². The molecule has 0 spiro atoms. The van der Waals surface area contributed by atoms with E-state index in [9.17, 15) is 14.4 Å². The van der Waals surface area contributed by atoms with Crippen molar-refractivity contribution in [1.82, 2.24) is 4.98 Å². The molecule has 1 aromatic carbocycles. The van der Waals surface area contributed by atoms with Crippen LogP contribution in [0.3, 0.4) is 0 Å². The Morgan fingerprint density at radius 2 is 1.69 bits per heavy atom. The predicted octanol–water partition coefficient (Wildman–Crippen LogP) is 3.54. The van der Waals surface area contributed by atoms with Crippen LogP contribution in [0, 0.1) is 6.92 Å². The minimum Gasteiger partial charge on any atom is -0.444 e. The van der Waals surface area contributed by atoms with Gasteiger partial charge in [0.05, 0.1) is 23.0 Å². The van der Waals surface area contributed by atoms with Gasteiger partial charge in [-0.2, -0.15) is 0 Å². The number of ether oxygens (including phenoxy) is 1. The highest BCUT2D eigenvalue weighted by molar-refractivity contribution is 6.34. The second-order valence-corrected chi connectivity index (χ2v) is 6.98. The number of nitrogens with zero attached hydrogens (tertiary/aromatic N) is 2. The Labute approximate surface area is 151 Å². The molecule has 7 heteroatoms. The summed E-state index contributed by atoms with van der Waals surface area (Å²) in [5.74, 6) is -0.473. The summed E-state index contributed by atoms with van der Waals surface area (Å²) >= 11 is 0. The molecule has 0 bridgehead atoms. The third-order valence-electron chi connectivity index (χ3n) is 3.74. The van der Waals surface area contributed by atoms with E-state index < -0.39 is 11.7 Å². The smallest absolute Gasteiger partial charge is 0.413 e. The molecule has 2 aromatic rings. The van der Waals surface area contributed by atoms with Crippen LogP contribution in [0.25, 0.3) is 0 Å². The fourth-order valence-corrected chi connectivity index (χ4v) is 2.64. The van der Waals surface area contributed by atoms with Crippen molar-refractivity contribution in [2.75, 3.05) is 10.2 Å². The van der Waals surface area contributed by atoms with E-state index in [1.165, 1.54) is 6.20 Å². The lowest BCUT2D eigenvalue weighted by Crippen LogP contribution is -2.30. The zero-order chi connectivity index (χ0) is 19.1. The predicted molar refractivity (Wildman–Crippen MR) is 96.4 cm³/mol. The molecule has 3 rings (SSSR count). The van der Waals surface area contributed by atoms with Crippen molar-refractivity contribution in [3.63, 3.8) is 0 Å². The van der Waals surface area contributed by atoms with Gasteiger partial charge in [0.1, 0.15) is 11.4 Å². The maximum absolute atomic E-state index is 12.5. The summed E-state index contributed by atoms with van der Waals surface area (Å²) in [4.78, 5) is 42.2. The Morgan fingerprint density at radius 3 is 2.19 bits per heavy atom. The van der Waals surface area contributed by atoms with Crippen LogP contribution in [-0.4, -0.2) is 28.5 Å². The molecule has 0 unspecified atom stereocenters.